The first-order valence-electron chi connectivity index (χ1n) is 8.38. The summed E-state index contributed by atoms with van der Waals surface area (Å²) in [6, 6.07) is 3.30. The van der Waals surface area contributed by atoms with E-state index in [2.05, 4.69) is 0 Å². The maximum Gasteiger partial charge on any atom is 0.406 e. The number of anilines is 1. The lowest BCUT2D eigenvalue weighted by Crippen LogP contribution is -2.48. The number of nitrogen functional groups attached to an aromatic ring is 1. The Kier molecular flexibility index (Phi) is 5.98. The Morgan fingerprint density at radius 1 is 1.20 bits per heavy atom. The maximum absolute atomic E-state index is 13.7. The molecule has 0 spiro atoms. The summed E-state index contributed by atoms with van der Waals surface area (Å²) in [7, 11) is -4.77. The number of nitrogens with zero attached hydrogens (tertiary/aromatic N) is 1. The van der Waals surface area contributed by atoms with Gasteiger partial charge in [0.25, 0.3) is 0 Å². The molecule has 2 aromatic carbocycles. The van der Waals surface area contributed by atoms with Gasteiger partial charge in [-0.1, -0.05) is 23.2 Å². The molecule has 0 fully saturated rings. The molecule has 0 saturated carbocycles. The lowest BCUT2D eigenvalue weighted by Gasteiger charge is -2.23. The van der Waals surface area contributed by atoms with Crippen molar-refractivity contribution >= 4 is 49.8 Å². The molecule has 0 bridgehead atoms. The molecule has 1 heterocycles. The zero-order valence-electron chi connectivity index (χ0n) is 15.3. The number of hydrogen-bond acceptors (Lipinski definition) is 3. The Balaban J connectivity index is 2.02. The highest BCUT2D eigenvalue weighted by Crippen LogP contribution is 2.33. The third kappa shape index (κ3) is 4.51. The molecule has 30 heavy (non-hydrogen) atoms. The van der Waals surface area contributed by atoms with Crippen LogP contribution in [-0.2, 0) is 16.6 Å². The van der Waals surface area contributed by atoms with Crippen molar-refractivity contribution in [2.75, 3.05) is 5.73 Å². The lowest BCUT2D eigenvalue weighted by atomic mass is 10.2. The number of rotatable bonds is 5. The van der Waals surface area contributed by atoms with E-state index in [4.69, 9.17) is 28.9 Å². The van der Waals surface area contributed by atoms with Gasteiger partial charge in [-0.15, -0.1) is 0 Å². The number of fused-ring (bicyclic) bond motifs is 1. The van der Waals surface area contributed by atoms with Gasteiger partial charge in [-0.3, -0.25) is 0 Å². The summed E-state index contributed by atoms with van der Waals surface area (Å²) in [5.41, 5.74) is 6.04. The Bertz CT molecular complexity index is 1200. The maximum atomic E-state index is 13.7. The fraction of sp³-hybridized carbons (Fsp3) is 0.222. The minimum atomic E-state index is -4.96. The first-order chi connectivity index (χ1) is 13.8. The molecule has 3 rings (SSSR count). The summed E-state index contributed by atoms with van der Waals surface area (Å²) in [5, 5.41) is 0.156. The molecule has 12 heteroatoms. The van der Waals surface area contributed by atoms with E-state index < -0.39 is 50.2 Å². The summed E-state index contributed by atoms with van der Waals surface area (Å²) >= 11 is 11.6. The number of nitrogens with one attached hydrogen (secondary N) is 1. The Morgan fingerprint density at radius 3 is 2.47 bits per heavy atom. The number of alkyl halides is 3. The highest BCUT2D eigenvalue weighted by Gasteiger charge is 2.43. The van der Waals surface area contributed by atoms with E-state index in [0.717, 1.165) is 22.8 Å². The first-order valence-corrected chi connectivity index (χ1v) is 10.6. The van der Waals surface area contributed by atoms with E-state index >= 15 is 0 Å². The molecule has 5 nitrogen and oxygen atoms in total. The quantitative estimate of drug-likeness (QED) is 0.400. The topological polar surface area (TPSA) is 77.1 Å². The molecule has 1 aromatic heterocycles. The standard InChI is InChI=1S/C18H15Cl2F4N3O2S/c1-9-7-27(15-6-11(21)2-3-12(9)15)8-16(18(22,23)24)26-30(28,29)17-13(20)4-10(19)5-14(17)25/h2-7,16,26H,8,25H2,1H3. The van der Waals surface area contributed by atoms with Crippen LogP contribution in [0.3, 0.4) is 0 Å². The van der Waals surface area contributed by atoms with Crippen LogP contribution in [0.2, 0.25) is 10.0 Å². The van der Waals surface area contributed by atoms with Crippen molar-refractivity contribution in [1.29, 1.82) is 0 Å². The summed E-state index contributed by atoms with van der Waals surface area (Å²) in [4.78, 5) is -0.706. The van der Waals surface area contributed by atoms with E-state index in [9.17, 15) is 26.0 Å². The van der Waals surface area contributed by atoms with Crippen LogP contribution >= 0.6 is 23.2 Å². The first kappa shape index (κ1) is 22.7. The lowest BCUT2D eigenvalue weighted by molar-refractivity contribution is -0.154. The molecular weight excluding hydrogens is 469 g/mol. The molecule has 1 atom stereocenters. The van der Waals surface area contributed by atoms with Gasteiger partial charge >= 0.3 is 6.18 Å². The molecule has 1 unspecified atom stereocenters. The average Bonchev–Trinajstić information content (AvgIpc) is 2.87. The van der Waals surface area contributed by atoms with Gasteiger partial charge in [0.15, 0.2) is 0 Å². The monoisotopic (exact) mass is 483 g/mol. The molecule has 0 aliphatic carbocycles. The highest BCUT2D eigenvalue weighted by atomic mass is 35.5. The van der Waals surface area contributed by atoms with Crippen LogP contribution in [0.4, 0.5) is 23.2 Å². The molecule has 0 aliphatic rings. The zero-order chi connectivity index (χ0) is 22.4. The molecule has 0 radical (unpaired) electrons. The van der Waals surface area contributed by atoms with Crippen LogP contribution in [0, 0.1) is 12.7 Å². The summed E-state index contributed by atoms with van der Waals surface area (Å²) in [6.07, 6.45) is -3.57. The van der Waals surface area contributed by atoms with E-state index in [1.165, 1.54) is 18.3 Å². The van der Waals surface area contributed by atoms with Crippen molar-refractivity contribution in [2.45, 2.75) is 30.6 Å². The second kappa shape index (κ2) is 7.92. The summed E-state index contributed by atoms with van der Waals surface area (Å²) < 4.78 is 82.8. The third-order valence-corrected chi connectivity index (χ3v) is 6.64. The number of hydrogen-bond donors (Lipinski definition) is 2. The molecule has 162 valence electrons. The van der Waals surface area contributed by atoms with Gasteiger partial charge in [0, 0.05) is 23.2 Å². The van der Waals surface area contributed by atoms with Gasteiger partial charge in [-0.05, 0) is 42.8 Å². The zero-order valence-corrected chi connectivity index (χ0v) is 17.6. The Labute approximate surface area is 179 Å². The van der Waals surface area contributed by atoms with Crippen molar-refractivity contribution in [3.05, 3.63) is 58.0 Å². The highest BCUT2D eigenvalue weighted by molar-refractivity contribution is 7.89. The van der Waals surface area contributed by atoms with Crippen LogP contribution in [0.25, 0.3) is 10.9 Å². The predicted octanol–water partition coefficient (Wildman–Crippen LogP) is 4.89. The van der Waals surface area contributed by atoms with Gasteiger partial charge < -0.3 is 10.3 Å². The van der Waals surface area contributed by atoms with Crippen molar-refractivity contribution in [2.24, 2.45) is 0 Å². The number of sulfonamides is 1. The SMILES string of the molecule is Cc1cn(CC(NS(=O)(=O)c2c(N)cc(Cl)cc2Cl)C(F)(F)F)c2cc(F)ccc12. The van der Waals surface area contributed by atoms with Crippen molar-refractivity contribution in [1.82, 2.24) is 9.29 Å². The van der Waals surface area contributed by atoms with E-state index in [0.29, 0.717) is 10.9 Å². The van der Waals surface area contributed by atoms with Crippen LogP contribution in [-0.4, -0.2) is 25.2 Å². The molecule has 3 N–H and O–H groups in total. The second-order valence-corrected chi connectivity index (χ2v) is 9.14. The molecule has 0 amide bonds. The summed E-state index contributed by atoms with van der Waals surface area (Å²) in [5.74, 6) is -0.633. The Hall–Kier alpha value is -2.01. The van der Waals surface area contributed by atoms with E-state index in [-0.39, 0.29) is 10.5 Å². The predicted molar refractivity (Wildman–Crippen MR) is 108 cm³/mol. The van der Waals surface area contributed by atoms with Gasteiger partial charge in [-0.2, -0.15) is 17.9 Å². The fourth-order valence-electron chi connectivity index (χ4n) is 3.11. The molecule has 0 saturated heterocycles. The van der Waals surface area contributed by atoms with Crippen molar-refractivity contribution < 1.29 is 26.0 Å². The normalized spacial score (nSPS) is 13.7. The van der Waals surface area contributed by atoms with Crippen LogP contribution in [0.1, 0.15) is 5.56 Å². The van der Waals surface area contributed by atoms with Gasteiger partial charge in [-0.25, -0.2) is 12.8 Å². The molecule has 3 aromatic rings. The second-order valence-electron chi connectivity index (χ2n) is 6.65. The van der Waals surface area contributed by atoms with Gasteiger partial charge in [0.2, 0.25) is 10.0 Å². The fourth-order valence-corrected chi connectivity index (χ4v) is 5.31. The number of nitrogens with two attached hydrogens (primary N) is 1. The van der Waals surface area contributed by atoms with Gasteiger partial charge in [0.1, 0.15) is 16.8 Å². The number of aromatic nitrogens is 1. The number of aryl methyl sites for hydroxylation is 1. The van der Waals surface area contributed by atoms with Crippen LogP contribution < -0.4 is 10.5 Å². The molecule has 0 aliphatic heterocycles. The average molecular weight is 484 g/mol. The molecular formula is C18H15Cl2F4N3O2S. The smallest absolute Gasteiger partial charge is 0.398 e. The van der Waals surface area contributed by atoms with Gasteiger partial charge in [0.05, 0.1) is 16.2 Å². The van der Waals surface area contributed by atoms with Crippen molar-refractivity contribution in [3.63, 3.8) is 0 Å². The van der Waals surface area contributed by atoms with E-state index in [1.807, 2.05) is 0 Å². The van der Waals surface area contributed by atoms with Crippen LogP contribution in [0.5, 0.6) is 0 Å². The van der Waals surface area contributed by atoms with E-state index in [1.54, 1.807) is 11.6 Å². The third-order valence-electron chi connectivity index (χ3n) is 4.42. The van der Waals surface area contributed by atoms with Crippen LogP contribution in [0.15, 0.2) is 41.4 Å². The van der Waals surface area contributed by atoms with Crippen molar-refractivity contribution in [3.8, 4) is 0 Å². The number of halogens is 6. The minimum Gasteiger partial charge on any atom is -0.398 e. The largest absolute Gasteiger partial charge is 0.406 e. The summed E-state index contributed by atoms with van der Waals surface area (Å²) in [6.45, 7) is 0.819. The minimum absolute atomic E-state index is 0.0279. The number of benzene rings is 2. The Morgan fingerprint density at radius 2 is 1.87 bits per heavy atom.